The predicted molar refractivity (Wildman–Crippen MR) is 88.9 cm³/mol. The van der Waals surface area contributed by atoms with Gasteiger partial charge in [0.25, 0.3) is 0 Å². The van der Waals surface area contributed by atoms with E-state index in [0.29, 0.717) is 12.4 Å². The average Bonchev–Trinajstić information content (AvgIpc) is 2.50. The van der Waals surface area contributed by atoms with Gasteiger partial charge in [0.2, 0.25) is 0 Å². The first kappa shape index (κ1) is 15.6. The van der Waals surface area contributed by atoms with Crippen LogP contribution < -0.4 is 15.5 Å². The second kappa shape index (κ2) is 7.31. The van der Waals surface area contributed by atoms with Crippen LogP contribution in [0.15, 0.2) is 42.6 Å². The van der Waals surface area contributed by atoms with Crippen molar-refractivity contribution in [3.63, 3.8) is 0 Å². The maximum atomic E-state index is 11.3. The Morgan fingerprint density at radius 2 is 1.82 bits per heavy atom. The van der Waals surface area contributed by atoms with Crippen molar-refractivity contribution in [3.05, 3.63) is 42.6 Å². The van der Waals surface area contributed by atoms with Crippen LogP contribution in [0.3, 0.4) is 0 Å². The fourth-order valence-corrected chi connectivity index (χ4v) is 1.82. The molecular formula is C16H20N4O2. The molecule has 1 aromatic heterocycles. The molecule has 0 spiro atoms. The number of benzene rings is 1. The number of amides is 1. The number of carbonyl (C=O) groups excluding carboxylic acids is 1. The molecule has 0 radical (unpaired) electrons. The Balaban J connectivity index is 1.97. The van der Waals surface area contributed by atoms with Crippen LogP contribution >= 0.6 is 0 Å². The summed E-state index contributed by atoms with van der Waals surface area (Å²) < 4.78 is 4.79. The number of pyridine rings is 1. The lowest BCUT2D eigenvalue weighted by atomic mass is 10.2. The third kappa shape index (κ3) is 4.37. The molecule has 22 heavy (non-hydrogen) atoms. The second-order valence-electron chi connectivity index (χ2n) is 4.84. The molecule has 2 rings (SSSR count). The molecule has 0 bridgehead atoms. The maximum absolute atomic E-state index is 11.3. The van der Waals surface area contributed by atoms with Crippen molar-refractivity contribution in [2.24, 2.45) is 0 Å². The van der Waals surface area contributed by atoms with Crippen LogP contribution in [0.25, 0.3) is 0 Å². The zero-order valence-corrected chi connectivity index (χ0v) is 13.0. The van der Waals surface area contributed by atoms with Gasteiger partial charge in [0.05, 0.1) is 18.5 Å². The summed E-state index contributed by atoms with van der Waals surface area (Å²) in [5, 5.41) is 5.80. The Bertz CT molecular complexity index is 609. The number of hydrogen-bond acceptors (Lipinski definition) is 5. The molecule has 0 atom stereocenters. The normalized spacial score (nSPS) is 9.95. The molecule has 1 heterocycles. The van der Waals surface area contributed by atoms with Crippen molar-refractivity contribution in [1.82, 2.24) is 4.98 Å². The van der Waals surface area contributed by atoms with Gasteiger partial charge in [-0.15, -0.1) is 0 Å². The number of nitrogens with zero attached hydrogens (tertiary/aromatic N) is 2. The van der Waals surface area contributed by atoms with Crippen molar-refractivity contribution in [2.75, 3.05) is 36.2 Å². The largest absolute Gasteiger partial charge is 0.450 e. The number of rotatable bonds is 5. The number of carbonyl (C=O) groups is 1. The highest BCUT2D eigenvalue weighted by Crippen LogP contribution is 2.20. The number of aromatic nitrogens is 1. The third-order valence-electron chi connectivity index (χ3n) is 2.94. The molecule has 1 aromatic carbocycles. The molecule has 116 valence electrons. The van der Waals surface area contributed by atoms with Crippen LogP contribution in [0.4, 0.5) is 27.7 Å². The Kier molecular flexibility index (Phi) is 5.19. The van der Waals surface area contributed by atoms with Crippen LogP contribution in [0, 0.1) is 0 Å². The average molecular weight is 300 g/mol. The van der Waals surface area contributed by atoms with E-state index in [4.69, 9.17) is 4.74 Å². The molecule has 0 aliphatic heterocycles. The van der Waals surface area contributed by atoms with Gasteiger partial charge in [-0.2, -0.15) is 0 Å². The summed E-state index contributed by atoms with van der Waals surface area (Å²) in [5.74, 6) is 0.451. The summed E-state index contributed by atoms with van der Waals surface area (Å²) in [4.78, 5) is 17.5. The molecule has 6 nitrogen and oxygen atoms in total. The van der Waals surface area contributed by atoms with E-state index in [1.807, 2.05) is 49.3 Å². The van der Waals surface area contributed by atoms with Crippen LogP contribution in [0.5, 0.6) is 0 Å². The Labute approximate surface area is 130 Å². The van der Waals surface area contributed by atoms with E-state index < -0.39 is 6.09 Å². The minimum atomic E-state index is -0.505. The van der Waals surface area contributed by atoms with Gasteiger partial charge in [0.1, 0.15) is 5.82 Å². The van der Waals surface area contributed by atoms with Gasteiger partial charge in [-0.3, -0.25) is 5.32 Å². The third-order valence-corrected chi connectivity index (χ3v) is 2.94. The van der Waals surface area contributed by atoms with E-state index in [1.54, 1.807) is 19.2 Å². The summed E-state index contributed by atoms with van der Waals surface area (Å²) in [6.45, 7) is 2.08. The molecular weight excluding hydrogens is 280 g/mol. The summed E-state index contributed by atoms with van der Waals surface area (Å²) in [6, 6.07) is 11.6. The number of hydrogen-bond donors (Lipinski definition) is 2. The van der Waals surface area contributed by atoms with E-state index in [-0.39, 0.29) is 0 Å². The monoisotopic (exact) mass is 300 g/mol. The van der Waals surface area contributed by atoms with Crippen molar-refractivity contribution in [3.8, 4) is 0 Å². The van der Waals surface area contributed by atoms with Crippen LogP contribution in [0.2, 0.25) is 0 Å². The van der Waals surface area contributed by atoms with E-state index in [2.05, 4.69) is 15.6 Å². The quantitative estimate of drug-likeness (QED) is 0.885. The molecule has 0 saturated carbocycles. The Morgan fingerprint density at radius 1 is 1.14 bits per heavy atom. The van der Waals surface area contributed by atoms with Crippen molar-refractivity contribution in [1.29, 1.82) is 0 Å². The highest BCUT2D eigenvalue weighted by atomic mass is 16.5. The molecule has 6 heteroatoms. The smallest absolute Gasteiger partial charge is 0.412 e. The predicted octanol–water partition coefficient (Wildman–Crippen LogP) is 3.46. The van der Waals surface area contributed by atoms with Crippen LogP contribution in [0.1, 0.15) is 6.92 Å². The lowest BCUT2D eigenvalue weighted by molar-refractivity contribution is 0.168. The minimum Gasteiger partial charge on any atom is -0.450 e. The minimum absolute atomic E-state index is 0.328. The van der Waals surface area contributed by atoms with Crippen molar-refractivity contribution in [2.45, 2.75) is 6.92 Å². The molecule has 0 fully saturated rings. The van der Waals surface area contributed by atoms with Gasteiger partial charge in [0.15, 0.2) is 0 Å². The summed E-state index contributed by atoms with van der Waals surface area (Å²) in [6.07, 6.45) is 1.15. The fraction of sp³-hybridized carbons (Fsp3) is 0.250. The van der Waals surface area contributed by atoms with Crippen LogP contribution in [-0.2, 0) is 4.74 Å². The Morgan fingerprint density at radius 3 is 2.36 bits per heavy atom. The van der Waals surface area contributed by atoms with E-state index in [1.165, 1.54) is 0 Å². The van der Waals surface area contributed by atoms with E-state index in [9.17, 15) is 4.79 Å². The van der Waals surface area contributed by atoms with Gasteiger partial charge in [-0.25, -0.2) is 9.78 Å². The summed E-state index contributed by atoms with van der Waals surface area (Å²) in [7, 11) is 4.00. The van der Waals surface area contributed by atoms with Gasteiger partial charge in [-0.1, -0.05) is 0 Å². The highest BCUT2D eigenvalue weighted by molar-refractivity contribution is 5.83. The number of nitrogens with one attached hydrogen (secondary N) is 2. The standard InChI is InChI=1S/C16H20N4O2/c1-4-22-16(21)19-15-10-7-13(11-17-15)18-12-5-8-14(9-6-12)20(2)3/h5-11,18H,4H2,1-3H3,(H,17,19,21). The number of ether oxygens (including phenoxy) is 1. The lowest BCUT2D eigenvalue weighted by Crippen LogP contribution is -2.14. The van der Waals surface area contributed by atoms with E-state index >= 15 is 0 Å². The topological polar surface area (TPSA) is 66.5 Å². The highest BCUT2D eigenvalue weighted by Gasteiger charge is 2.03. The molecule has 1 amide bonds. The number of anilines is 4. The molecule has 0 unspecified atom stereocenters. The SMILES string of the molecule is CCOC(=O)Nc1ccc(Nc2ccc(N(C)C)cc2)cn1. The lowest BCUT2D eigenvalue weighted by Gasteiger charge is -2.13. The van der Waals surface area contributed by atoms with Crippen LogP contribution in [-0.4, -0.2) is 31.8 Å². The van der Waals surface area contributed by atoms with Gasteiger partial charge in [0, 0.05) is 25.5 Å². The van der Waals surface area contributed by atoms with Gasteiger partial charge < -0.3 is 15.0 Å². The zero-order valence-electron chi connectivity index (χ0n) is 13.0. The first-order valence-corrected chi connectivity index (χ1v) is 7.02. The Hall–Kier alpha value is -2.76. The van der Waals surface area contributed by atoms with Crippen molar-refractivity contribution < 1.29 is 9.53 Å². The van der Waals surface area contributed by atoms with Gasteiger partial charge in [-0.05, 0) is 43.3 Å². The summed E-state index contributed by atoms with van der Waals surface area (Å²) >= 11 is 0. The van der Waals surface area contributed by atoms with Crippen molar-refractivity contribution >= 4 is 29.0 Å². The molecule has 0 aliphatic rings. The second-order valence-corrected chi connectivity index (χ2v) is 4.84. The maximum Gasteiger partial charge on any atom is 0.412 e. The van der Waals surface area contributed by atoms with E-state index in [0.717, 1.165) is 17.1 Å². The zero-order chi connectivity index (χ0) is 15.9. The summed E-state index contributed by atoms with van der Waals surface area (Å²) in [5.41, 5.74) is 2.95. The first-order chi connectivity index (χ1) is 10.6. The fourth-order valence-electron chi connectivity index (χ4n) is 1.82. The molecule has 2 aromatic rings. The molecule has 0 saturated heterocycles. The molecule has 0 aliphatic carbocycles. The first-order valence-electron chi connectivity index (χ1n) is 7.02. The molecule has 2 N–H and O–H groups in total. The van der Waals surface area contributed by atoms with Gasteiger partial charge >= 0.3 is 6.09 Å².